The number of nitrogens with zero attached hydrogens (tertiary/aromatic N) is 1. The van der Waals surface area contributed by atoms with Crippen molar-refractivity contribution in [1.29, 1.82) is 0 Å². The predicted molar refractivity (Wildman–Crippen MR) is 98.7 cm³/mol. The van der Waals surface area contributed by atoms with Gasteiger partial charge in [0.25, 0.3) is 0 Å². The van der Waals surface area contributed by atoms with Crippen molar-refractivity contribution in [3.8, 4) is 11.5 Å². The highest BCUT2D eigenvalue weighted by molar-refractivity contribution is 6.31. The number of benzene rings is 2. The number of carbonyl (C=O) groups excluding carboxylic acids is 1. The molecule has 132 valence electrons. The molecule has 1 N–H and O–H groups in total. The van der Waals surface area contributed by atoms with E-state index in [4.69, 9.17) is 21.1 Å². The van der Waals surface area contributed by atoms with Gasteiger partial charge in [0, 0.05) is 35.5 Å². The van der Waals surface area contributed by atoms with Gasteiger partial charge >= 0.3 is 6.03 Å². The van der Waals surface area contributed by atoms with Crippen molar-refractivity contribution < 1.29 is 14.3 Å². The molecule has 3 rings (SSSR count). The minimum Gasteiger partial charge on any atom is -0.497 e. The second-order valence-electron chi connectivity index (χ2n) is 5.90. The van der Waals surface area contributed by atoms with Gasteiger partial charge in [0.1, 0.15) is 11.5 Å². The Morgan fingerprint density at radius 3 is 2.48 bits per heavy atom. The first-order chi connectivity index (χ1) is 12.1. The molecular weight excluding hydrogens is 340 g/mol. The second-order valence-corrected chi connectivity index (χ2v) is 6.31. The van der Waals surface area contributed by atoms with E-state index in [9.17, 15) is 4.79 Å². The zero-order valence-electron chi connectivity index (χ0n) is 14.3. The lowest BCUT2D eigenvalue weighted by Gasteiger charge is -2.26. The summed E-state index contributed by atoms with van der Waals surface area (Å²) in [6, 6.07) is 12.8. The van der Waals surface area contributed by atoms with E-state index >= 15 is 0 Å². The van der Waals surface area contributed by atoms with E-state index in [0.29, 0.717) is 28.8 Å². The summed E-state index contributed by atoms with van der Waals surface area (Å²) in [5.74, 6) is 1.25. The maximum absolute atomic E-state index is 12.8. The number of amides is 2. The van der Waals surface area contributed by atoms with E-state index in [0.717, 1.165) is 18.4 Å². The van der Waals surface area contributed by atoms with Gasteiger partial charge in [-0.25, -0.2) is 4.79 Å². The molecule has 1 atom stereocenters. The summed E-state index contributed by atoms with van der Waals surface area (Å²) < 4.78 is 10.5. The van der Waals surface area contributed by atoms with Crippen LogP contribution in [0.2, 0.25) is 5.02 Å². The summed E-state index contributed by atoms with van der Waals surface area (Å²) in [6.45, 7) is 0.697. The molecule has 1 fully saturated rings. The fourth-order valence-electron chi connectivity index (χ4n) is 3.15. The van der Waals surface area contributed by atoms with Crippen LogP contribution in [0.15, 0.2) is 42.5 Å². The minimum absolute atomic E-state index is 0.0128. The molecule has 1 heterocycles. The van der Waals surface area contributed by atoms with E-state index in [-0.39, 0.29) is 12.1 Å². The minimum atomic E-state index is -0.155. The standard InChI is InChI=1S/C19H21ClN2O3/c1-24-14-10-13(11-15(12-14)25-2)21-19(23)22-9-5-8-18(22)16-6-3-4-7-17(16)20/h3-4,6-7,10-12,18H,5,8-9H2,1-2H3,(H,21,23)/t18-/m1/s1. The maximum atomic E-state index is 12.8. The highest BCUT2D eigenvalue weighted by Crippen LogP contribution is 2.36. The number of hydrogen-bond donors (Lipinski definition) is 1. The van der Waals surface area contributed by atoms with Crippen molar-refractivity contribution in [3.05, 3.63) is 53.1 Å². The monoisotopic (exact) mass is 360 g/mol. The predicted octanol–water partition coefficient (Wildman–Crippen LogP) is 4.73. The molecular formula is C19H21ClN2O3. The number of hydrogen-bond acceptors (Lipinski definition) is 3. The number of likely N-dealkylation sites (tertiary alicyclic amines) is 1. The molecule has 0 aliphatic carbocycles. The molecule has 2 aromatic rings. The third kappa shape index (κ3) is 3.82. The summed E-state index contributed by atoms with van der Waals surface area (Å²) in [5, 5.41) is 3.63. The first-order valence-electron chi connectivity index (χ1n) is 8.17. The molecule has 0 aromatic heterocycles. The lowest BCUT2D eigenvalue weighted by Crippen LogP contribution is -2.34. The third-order valence-corrected chi connectivity index (χ3v) is 4.72. The van der Waals surface area contributed by atoms with Crippen LogP contribution < -0.4 is 14.8 Å². The number of methoxy groups -OCH3 is 2. The Labute approximate surface area is 152 Å². The SMILES string of the molecule is COc1cc(NC(=O)N2CCC[C@@H]2c2ccccc2Cl)cc(OC)c1. The molecule has 0 bridgehead atoms. The van der Waals surface area contributed by atoms with Crippen LogP contribution in [-0.4, -0.2) is 31.7 Å². The molecule has 0 unspecified atom stereocenters. The van der Waals surface area contributed by atoms with Gasteiger partial charge in [-0.15, -0.1) is 0 Å². The van der Waals surface area contributed by atoms with Crippen LogP contribution in [0.1, 0.15) is 24.4 Å². The molecule has 2 amide bonds. The number of nitrogens with one attached hydrogen (secondary N) is 1. The molecule has 0 spiro atoms. The number of halogens is 1. The van der Waals surface area contributed by atoms with Gasteiger partial charge in [0.05, 0.1) is 20.3 Å². The molecule has 1 saturated heterocycles. The fraction of sp³-hybridized carbons (Fsp3) is 0.316. The van der Waals surface area contributed by atoms with Gasteiger partial charge in [0.2, 0.25) is 0 Å². The second kappa shape index (κ2) is 7.66. The average molecular weight is 361 g/mol. The van der Waals surface area contributed by atoms with Crippen LogP contribution >= 0.6 is 11.6 Å². The maximum Gasteiger partial charge on any atom is 0.322 e. The van der Waals surface area contributed by atoms with Crippen molar-refractivity contribution in [2.75, 3.05) is 26.1 Å². The summed E-state index contributed by atoms with van der Waals surface area (Å²) in [5.41, 5.74) is 1.62. The van der Waals surface area contributed by atoms with Crippen molar-refractivity contribution in [3.63, 3.8) is 0 Å². The van der Waals surface area contributed by atoms with Gasteiger partial charge in [-0.2, -0.15) is 0 Å². The van der Waals surface area contributed by atoms with Gasteiger partial charge in [0.15, 0.2) is 0 Å². The molecule has 25 heavy (non-hydrogen) atoms. The first-order valence-corrected chi connectivity index (χ1v) is 8.55. The van der Waals surface area contributed by atoms with Crippen molar-refractivity contribution in [2.45, 2.75) is 18.9 Å². The fourth-order valence-corrected chi connectivity index (χ4v) is 3.42. The summed E-state index contributed by atoms with van der Waals surface area (Å²) in [4.78, 5) is 14.6. The molecule has 1 aliphatic heterocycles. The van der Waals surface area contributed by atoms with Crippen LogP contribution in [0.25, 0.3) is 0 Å². The quantitative estimate of drug-likeness (QED) is 0.857. The first kappa shape index (κ1) is 17.4. The molecule has 5 nitrogen and oxygen atoms in total. The van der Waals surface area contributed by atoms with Crippen LogP contribution in [-0.2, 0) is 0 Å². The summed E-state index contributed by atoms with van der Waals surface area (Å²) >= 11 is 6.32. The van der Waals surface area contributed by atoms with Crippen molar-refractivity contribution in [2.24, 2.45) is 0 Å². The Kier molecular flexibility index (Phi) is 5.34. The van der Waals surface area contributed by atoms with Crippen LogP contribution in [0.4, 0.5) is 10.5 Å². The molecule has 2 aromatic carbocycles. The normalized spacial score (nSPS) is 16.6. The van der Waals surface area contributed by atoms with Crippen LogP contribution in [0, 0.1) is 0 Å². The van der Waals surface area contributed by atoms with Crippen molar-refractivity contribution >= 4 is 23.3 Å². The summed E-state index contributed by atoms with van der Waals surface area (Å²) in [7, 11) is 3.16. The summed E-state index contributed by atoms with van der Waals surface area (Å²) in [6.07, 6.45) is 1.85. The molecule has 0 saturated carbocycles. The Balaban J connectivity index is 1.80. The lowest BCUT2D eigenvalue weighted by atomic mass is 10.0. The zero-order valence-corrected chi connectivity index (χ0v) is 15.0. The Morgan fingerprint density at radius 2 is 1.84 bits per heavy atom. The van der Waals surface area contributed by atoms with E-state index in [1.165, 1.54) is 0 Å². The zero-order chi connectivity index (χ0) is 17.8. The third-order valence-electron chi connectivity index (χ3n) is 4.38. The van der Waals surface area contributed by atoms with Gasteiger partial charge < -0.3 is 19.7 Å². The number of rotatable bonds is 4. The number of anilines is 1. The average Bonchev–Trinajstić information content (AvgIpc) is 3.11. The van der Waals surface area contributed by atoms with E-state index in [2.05, 4.69) is 5.32 Å². The largest absolute Gasteiger partial charge is 0.497 e. The Morgan fingerprint density at radius 1 is 1.16 bits per heavy atom. The van der Waals surface area contributed by atoms with Gasteiger partial charge in [-0.3, -0.25) is 0 Å². The van der Waals surface area contributed by atoms with Crippen LogP contribution in [0.5, 0.6) is 11.5 Å². The van der Waals surface area contributed by atoms with Gasteiger partial charge in [-0.05, 0) is 24.5 Å². The Hall–Kier alpha value is -2.40. The van der Waals surface area contributed by atoms with Crippen LogP contribution in [0.3, 0.4) is 0 Å². The number of carbonyl (C=O) groups is 1. The molecule has 0 radical (unpaired) electrons. The Bertz CT molecular complexity index is 744. The van der Waals surface area contributed by atoms with Crippen molar-refractivity contribution in [1.82, 2.24) is 4.90 Å². The topological polar surface area (TPSA) is 50.8 Å². The highest BCUT2D eigenvalue weighted by atomic mass is 35.5. The van der Waals surface area contributed by atoms with E-state index in [1.807, 2.05) is 29.2 Å². The molecule has 1 aliphatic rings. The van der Waals surface area contributed by atoms with E-state index in [1.54, 1.807) is 32.4 Å². The molecule has 6 heteroatoms. The number of ether oxygens (including phenoxy) is 2. The number of urea groups is 1. The van der Waals surface area contributed by atoms with E-state index < -0.39 is 0 Å². The smallest absolute Gasteiger partial charge is 0.322 e. The lowest BCUT2D eigenvalue weighted by molar-refractivity contribution is 0.207. The highest BCUT2D eigenvalue weighted by Gasteiger charge is 2.31. The van der Waals surface area contributed by atoms with Gasteiger partial charge in [-0.1, -0.05) is 29.8 Å².